The Morgan fingerprint density at radius 3 is 2.20 bits per heavy atom. The molecule has 1 heterocycles. The van der Waals surface area contributed by atoms with Crippen molar-refractivity contribution in [2.24, 2.45) is 16.7 Å². The summed E-state index contributed by atoms with van der Waals surface area (Å²) < 4.78 is 5.63. The predicted octanol–water partition coefficient (Wildman–Crippen LogP) is 3.18. The van der Waals surface area contributed by atoms with Crippen molar-refractivity contribution in [1.29, 1.82) is 0 Å². The molecule has 0 spiro atoms. The molecule has 1 aliphatic rings. The molecule has 0 N–H and O–H groups in total. The van der Waals surface area contributed by atoms with Crippen LogP contribution >= 0.6 is 0 Å². The minimum Gasteiger partial charge on any atom is -0.378 e. The van der Waals surface area contributed by atoms with Crippen LogP contribution in [0, 0.1) is 16.7 Å². The molecule has 0 aliphatic carbocycles. The van der Waals surface area contributed by atoms with Gasteiger partial charge in [-0.1, -0.05) is 48.5 Å². The summed E-state index contributed by atoms with van der Waals surface area (Å²) in [5, 5.41) is 0. The smallest absolute Gasteiger partial charge is 0.232 e. The van der Waals surface area contributed by atoms with Crippen molar-refractivity contribution in [1.82, 2.24) is 9.80 Å². The predicted molar refractivity (Wildman–Crippen MR) is 101 cm³/mol. The summed E-state index contributed by atoms with van der Waals surface area (Å²) in [6.07, 6.45) is 1.10. The van der Waals surface area contributed by atoms with Crippen molar-refractivity contribution >= 4 is 11.8 Å². The quantitative estimate of drug-likeness (QED) is 0.447. The van der Waals surface area contributed by atoms with Gasteiger partial charge < -0.3 is 9.64 Å². The summed E-state index contributed by atoms with van der Waals surface area (Å²) in [5.74, 6) is -0.251. The van der Waals surface area contributed by atoms with Gasteiger partial charge in [-0.2, -0.15) is 0 Å². The molecule has 0 aromatic carbocycles. The van der Waals surface area contributed by atoms with Gasteiger partial charge in [0.25, 0.3) is 0 Å². The van der Waals surface area contributed by atoms with E-state index < -0.39 is 0 Å². The van der Waals surface area contributed by atoms with E-state index in [0.717, 1.165) is 26.1 Å². The first-order valence-electron chi connectivity index (χ1n) is 9.67. The van der Waals surface area contributed by atoms with E-state index in [4.69, 9.17) is 4.74 Å². The molecule has 1 fully saturated rings. The molecule has 1 saturated heterocycles. The fourth-order valence-electron chi connectivity index (χ4n) is 3.06. The Balaban J connectivity index is 2.45. The minimum absolute atomic E-state index is 0.00385. The van der Waals surface area contributed by atoms with Crippen LogP contribution in [0.4, 0.5) is 0 Å². The molecule has 1 atom stereocenters. The molecule has 0 saturated carbocycles. The highest BCUT2D eigenvalue weighted by Gasteiger charge is 2.43. The highest BCUT2D eigenvalue weighted by atomic mass is 16.5. The van der Waals surface area contributed by atoms with Crippen LogP contribution in [0.3, 0.4) is 0 Å². The second kappa shape index (κ2) is 9.13. The van der Waals surface area contributed by atoms with Gasteiger partial charge in [0.2, 0.25) is 11.8 Å². The van der Waals surface area contributed by atoms with Crippen LogP contribution in [-0.2, 0) is 14.3 Å². The number of carbonyl (C=O) groups is 2. The van der Waals surface area contributed by atoms with E-state index in [1.165, 1.54) is 4.90 Å². The summed E-state index contributed by atoms with van der Waals surface area (Å²) in [6.45, 7) is 19.5. The Kier molecular flexibility index (Phi) is 8.07. The summed E-state index contributed by atoms with van der Waals surface area (Å²) in [4.78, 5) is 28.6. The molecule has 0 radical (unpaired) electrons. The molecule has 0 aromatic rings. The average Bonchev–Trinajstić information content (AvgIpc) is 2.76. The maximum atomic E-state index is 12.6. The number of rotatable bonds is 10. The molecule has 2 amide bonds. The molecule has 5 heteroatoms. The fourth-order valence-corrected chi connectivity index (χ4v) is 3.06. The van der Waals surface area contributed by atoms with Crippen LogP contribution < -0.4 is 0 Å². The highest BCUT2D eigenvalue weighted by molar-refractivity contribution is 6.03. The molecule has 1 rings (SSSR count). The van der Waals surface area contributed by atoms with Crippen LogP contribution in [0.25, 0.3) is 0 Å². The molecular weight excluding hydrogens is 316 g/mol. The Hall–Kier alpha value is -0.940. The van der Waals surface area contributed by atoms with E-state index in [9.17, 15) is 9.59 Å². The highest BCUT2D eigenvalue weighted by Crippen LogP contribution is 2.44. The number of likely N-dealkylation sites (tertiary alicyclic amines) is 1. The van der Waals surface area contributed by atoms with Crippen LogP contribution in [0.2, 0.25) is 0 Å². The van der Waals surface area contributed by atoms with E-state index in [-0.39, 0.29) is 28.6 Å². The first-order valence-corrected chi connectivity index (χ1v) is 9.67. The van der Waals surface area contributed by atoms with E-state index in [0.29, 0.717) is 26.2 Å². The normalized spacial score (nSPS) is 19.4. The lowest BCUT2D eigenvalue weighted by atomic mass is 9.65. The van der Waals surface area contributed by atoms with E-state index >= 15 is 0 Å². The van der Waals surface area contributed by atoms with Gasteiger partial charge >= 0.3 is 0 Å². The standard InChI is InChI=1S/C20H38N2O3/c1-8-21(9-2)10-12-25-13-11-22-17(23)14-16(18(22)24)15-20(6,7)19(3,4)5/h16H,8-15H2,1-7H3. The van der Waals surface area contributed by atoms with Gasteiger partial charge in [-0.15, -0.1) is 0 Å². The number of nitrogens with zero attached hydrogens (tertiary/aromatic N) is 2. The van der Waals surface area contributed by atoms with Gasteiger partial charge in [-0.3, -0.25) is 14.5 Å². The summed E-state index contributed by atoms with van der Waals surface area (Å²) in [7, 11) is 0. The number of ether oxygens (including phenoxy) is 1. The van der Waals surface area contributed by atoms with Crippen molar-refractivity contribution in [2.75, 3.05) is 39.4 Å². The summed E-state index contributed by atoms with van der Waals surface area (Å²) >= 11 is 0. The zero-order valence-corrected chi connectivity index (χ0v) is 17.4. The Bertz CT molecular complexity index is 450. The van der Waals surface area contributed by atoms with Crippen molar-refractivity contribution in [3.8, 4) is 0 Å². The average molecular weight is 355 g/mol. The number of hydrogen-bond acceptors (Lipinski definition) is 4. The topological polar surface area (TPSA) is 49.9 Å². The first kappa shape index (κ1) is 22.1. The van der Waals surface area contributed by atoms with Crippen LogP contribution in [0.15, 0.2) is 0 Å². The molecular formula is C20H38N2O3. The minimum atomic E-state index is -0.183. The van der Waals surface area contributed by atoms with Gasteiger partial charge in [0.05, 0.1) is 19.8 Å². The number of likely N-dealkylation sites (N-methyl/N-ethyl adjacent to an activating group) is 1. The van der Waals surface area contributed by atoms with E-state index in [2.05, 4.69) is 53.4 Å². The van der Waals surface area contributed by atoms with Crippen LogP contribution in [0.5, 0.6) is 0 Å². The summed E-state index contributed by atoms with van der Waals surface area (Å²) in [6, 6.07) is 0. The lowest BCUT2D eigenvalue weighted by molar-refractivity contribution is -0.140. The van der Waals surface area contributed by atoms with Crippen molar-refractivity contribution in [2.45, 2.75) is 61.3 Å². The maximum absolute atomic E-state index is 12.6. The van der Waals surface area contributed by atoms with Gasteiger partial charge in [0.15, 0.2) is 0 Å². The second-order valence-electron chi connectivity index (χ2n) is 8.76. The summed E-state index contributed by atoms with van der Waals surface area (Å²) in [5.41, 5.74) is 0.0984. The molecule has 1 unspecified atom stereocenters. The van der Waals surface area contributed by atoms with Crippen molar-refractivity contribution in [3.63, 3.8) is 0 Å². The third-order valence-corrected chi connectivity index (χ3v) is 6.03. The molecule has 0 bridgehead atoms. The van der Waals surface area contributed by atoms with Gasteiger partial charge in [0.1, 0.15) is 0 Å². The zero-order chi connectivity index (χ0) is 19.3. The van der Waals surface area contributed by atoms with Gasteiger partial charge in [-0.05, 0) is 30.3 Å². The third kappa shape index (κ3) is 6.07. The Morgan fingerprint density at radius 1 is 1.08 bits per heavy atom. The second-order valence-corrected chi connectivity index (χ2v) is 8.76. The Morgan fingerprint density at radius 2 is 1.68 bits per heavy atom. The lowest BCUT2D eigenvalue weighted by Gasteiger charge is -2.40. The first-order chi connectivity index (χ1) is 11.5. The van der Waals surface area contributed by atoms with Crippen molar-refractivity contribution in [3.05, 3.63) is 0 Å². The van der Waals surface area contributed by atoms with E-state index in [1.807, 2.05) is 0 Å². The molecule has 1 aliphatic heterocycles. The largest absolute Gasteiger partial charge is 0.378 e. The van der Waals surface area contributed by atoms with Gasteiger partial charge in [0, 0.05) is 18.9 Å². The lowest BCUT2D eigenvalue weighted by Crippen LogP contribution is -2.37. The van der Waals surface area contributed by atoms with Crippen LogP contribution in [0.1, 0.15) is 61.3 Å². The Labute approximate surface area is 154 Å². The molecule has 146 valence electrons. The molecule has 25 heavy (non-hydrogen) atoms. The van der Waals surface area contributed by atoms with Crippen LogP contribution in [-0.4, -0.2) is 61.0 Å². The van der Waals surface area contributed by atoms with Gasteiger partial charge in [-0.25, -0.2) is 0 Å². The molecule has 5 nitrogen and oxygen atoms in total. The zero-order valence-electron chi connectivity index (χ0n) is 17.4. The number of carbonyl (C=O) groups excluding carboxylic acids is 2. The maximum Gasteiger partial charge on any atom is 0.232 e. The molecule has 0 aromatic heterocycles. The third-order valence-electron chi connectivity index (χ3n) is 6.03. The SMILES string of the molecule is CCN(CC)CCOCCN1C(=O)CC(CC(C)(C)C(C)(C)C)C1=O. The number of imide groups is 1. The number of amides is 2. The van der Waals surface area contributed by atoms with Crippen molar-refractivity contribution < 1.29 is 14.3 Å². The fraction of sp³-hybridized carbons (Fsp3) is 0.900. The monoisotopic (exact) mass is 354 g/mol. The number of hydrogen-bond donors (Lipinski definition) is 0. The van der Waals surface area contributed by atoms with E-state index in [1.54, 1.807) is 0 Å².